The van der Waals surface area contributed by atoms with Gasteiger partial charge in [-0.05, 0) is 49.2 Å². The standard InChI is InChI=1S/C23H23Cl2FN2O4.H2S/c24-15-1-4-21-14(9-15)10-22(32-21)23(30)27-16-5-7-28(8-6-16)12-17(29)13-31-18-2-3-19(25)20(26)11-18;/h1-4,9-11,16-17,29H,5-8,12-13H2,(H,27,30);1H2/t17-;/m0./s1. The van der Waals surface area contributed by atoms with Crippen LogP contribution < -0.4 is 10.1 Å². The summed E-state index contributed by atoms with van der Waals surface area (Å²) in [7, 11) is 0. The van der Waals surface area contributed by atoms with Crippen LogP contribution in [0.15, 0.2) is 46.9 Å². The number of hydrogen-bond acceptors (Lipinski definition) is 5. The number of likely N-dealkylation sites (tertiary alicyclic amines) is 1. The zero-order chi connectivity index (χ0) is 22.7. The largest absolute Gasteiger partial charge is 0.491 e. The van der Waals surface area contributed by atoms with Crippen molar-refractivity contribution in [2.75, 3.05) is 26.2 Å². The lowest BCUT2D eigenvalue weighted by Crippen LogP contribution is -2.47. The molecule has 1 aliphatic rings. The van der Waals surface area contributed by atoms with Crippen LogP contribution in [0.5, 0.6) is 5.75 Å². The number of aliphatic hydroxyl groups excluding tert-OH is 1. The van der Waals surface area contributed by atoms with Gasteiger partial charge in [0.05, 0.1) is 5.02 Å². The normalized spacial score (nSPS) is 15.8. The Morgan fingerprint density at radius 3 is 2.70 bits per heavy atom. The highest BCUT2D eigenvalue weighted by atomic mass is 35.5. The molecule has 0 radical (unpaired) electrons. The fraction of sp³-hybridized carbons (Fsp3) is 0.348. The second-order valence-corrected chi connectivity index (χ2v) is 8.73. The number of aliphatic hydroxyl groups is 1. The summed E-state index contributed by atoms with van der Waals surface area (Å²) in [6, 6.07) is 11.1. The number of ether oxygens (including phenoxy) is 1. The van der Waals surface area contributed by atoms with E-state index in [0.717, 1.165) is 31.3 Å². The molecule has 10 heteroatoms. The molecular formula is C23H25Cl2FN2O4S. The molecule has 0 unspecified atom stereocenters. The third kappa shape index (κ3) is 6.77. The van der Waals surface area contributed by atoms with Crippen LogP contribution in [0.2, 0.25) is 10.0 Å². The van der Waals surface area contributed by atoms with Crippen molar-refractivity contribution >= 4 is 53.6 Å². The van der Waals surface area contributed by atoms with E-state index >= 15 is 0 Å². The number of furan rings is 1. The van der Waals surface area contributed by atoms with Crippen LogP contribution in [0.1, 0.15) is 23.4 Å². The van der Waals surface area contributed by atoms with Crippen LogP contribution in [0.25, 0.3) is 11.0 Å². The molecule has 3 aromatic rings. The number of benzene rings is 2. The fourth-order valence-electron chi connectivity index (χ4n) is 3.75. The maximum Gasteiger partial charge on any atom is 0.287 e. The van der Waals surface area contributed by atoms with E-state index in [9.17, 15) is 14.3 Å². The van der Waals surface area contributed by atoms with Gasteiger partial charge in [0.2, 0.25) is 0 Å². The van der Waals surface area contributed by atoms with Crippen molar-refractivity contribution in [3.8, 4) is 5.75 Å². The first-order valence-electron chi connectivity index (χ1n) is 10.4. The molecule has 2 heterocycles. The number of nitrogens with one attached hydrogen (secondary N) is 1. The molecule has 1 aliphatic heterocycles. The van der Waals surface area contributed by atoms with Gasteiger partial charge in [-0.15, -0.1) is 0 Å². The molecule has 4 rings (SSSR count). The van der Waals surface area contributed by atoms with Crippen molar-refractivity contribution in [3.05, 3.63) is 64.1 Å². The number of amides is 1. The number of hydrogen-bond donors (Lipinski definition) is 2. The number of carbonyl (C=O) groups is 1. The Bertz CT molecular complexity index is 1110. The van der Waals surface area contributed by atoms with E-state index in [0.29, 0.717) is 22.9 Å². The molecule has 0 aliphatic carbocycles. The number of piperidine rings is 1. The molecule has 178 valence electrons. The van der Waals surface area contributed by atoms with E-state index in [1.807, 2.05) is 0 Å². The number of halogens is 3. The van der Waals surface area contributed by atoms with Gasteiger partial charge in [0.1, 0.15) is 29.9 Å². The van der Waals surface area contributed by atoms with Gasteiger partial charge in [0, 0.05) is 42.2 Å². The SMILES string of the molecule is O=C(NC1CCN(C[C@H](O)COc2ccc(Cl)c(F)c2)CC1)c1cc2cc(Cl)ccc2o1.S. The molecule has 33 heavy (non-hydrogen) atoms. The molecule has 2 aromatic carbocycles. The highest BCUT2D eigenvalue weighted by molar-refractivity contribution is 7.59. The van der Waals surface area contributed by atoms with Crippen LogP contribution in [-0.2, 0) is 0 Å². The van der Waals surface area contributed by atoms with Gasteiger partial charge >= 0.3 is 0 Å². The topological polar surface area (TPSA) is 74.9 Å². The van der Waals surface area contributed by atoms with Crippen LogP contribution >= 0.6 is 36.7 Å². The summed E-state index contributed by atoms with van der Waals surface area (Å²) in [5.41, 5.74) is 0.618. The van der Waals surface area contributed by atoms with E-state index in [-0.39, 0.29) is 42.8 Å². The lowest BCUT2D eigenvalue weighted by molar-refractivity contribution is 0.0565. The number of carbonyl (C=O) groups excluding carboxylic acids is 1. The average Bonchev–Trinajstić information content (AvgIpc) is 3.19. The number of β-amino-alcohol motifs (C(OH)–C–C–N with tert-alkyl or cyclic N) is 1. The van der Waals surface area contributed by atoms with Crippen molar-refractivity contribution in [2.24, 2.45) is 0 Å². The second kappa shape index (κ2) is 11.4. The van der Waals surface area contributed by atoms with Gasteiger partial charge in [0.25, 0.3) is 5.91 Å². The average molecular weight is 515 g/mol. The Balaban J connectivity index is 0.00000306. The smallest absolute Gasteiger partial charge is 0.287 e. The summed E-state index contributed by atoms with van der Waals surface area (Å²) in [6.07, 6.45) is 0.795. The monoisotopic (exact) mass is 514 g/mol. The van der Waals surface area contributed by atoms with Crippen molar-refractivity contribution in [2.45, 2.75) is 25.0 Å². The van der Waals surface area contributed by atoms with E-state index < -0.39 is 11.9 Å². The molecule has 2 N–H and O–H groups in total. The number of fused-ring (bicyclic) bond motifs is 1. The van der Waals surface area contributed by atoms with Gasteiger partial charge in [-0.3, -0.25) is 4.79 Å². The number of rotatable bonds is 7. The Kier molecular flexibility index (Phi) is 8.89. The summed E-state index contributed by atoms with van der Waals surface area (Å²) in [5, 5.41) is 14.7. The molecule has 0 spiro atoms. The van der Waals surface area contributed by atoms with Crippen LogP contribution in [0.4, 0.5) is 4.39 Å². The van der Waals surface area contributed by atoms with Crippen LogP contribution in [0.3, 0.4) is 0 Å². The predicted molar refractivity (Wildman–Crippen MR) is 131 cm³/mol. The Morgan fingerprint density at radius 2 is 1.97 bits per heavy atom. The quantitative estimate of drug-likeness (QED) is 0.480. The zero-order valence-corrected chi connectivity index (χ0v) is 20.2. The van der Waals surface area contributed by atoms with Crippen LogP contribution in [0, 0.1) is 5.82 Å². The summed E-state index contributed by atoms with van der Waals surface area (Å²) in [5.74, 6) is -0.232. The first kappa shape index (κ1) is 25.6. The third-order valence-electron chi connectivity index (χ3n) is 5.43. The minimum absolute atomic E-state index is 0. The molecule has 0 bridgehead atoms. The first-order chi connectivity index (χ1) is 15.4. The van der Waals surface area contributed by atoms with Gasteiger partial charge in [-0.25, -0.2) is 4.39 Å². The number of nitrogens with zero attached hydrogens (tertiary/aromatic N) is 1. The third-order valence-corrected chi connectivity index (χ3v) is 5.97. The molecule has 1 atom stereocenters. The lowest BCUT2D eigenvalue weighted by atomic mass is 10.0. The summed E-state index contributed by atoms with van der Waals surface area (Å²) in [4.78, 5) is 14.7. The highest BCUT2D eigenvalue weighted by Gasteiger charge is 2.24. The van der Waals surface area contributed by atoms with Gasteiger partial charge in [0.15, 0.2) is 5.76 Å². The minimum Gasteiger partial charge on any atom is -0.491 e. The predicted octanol–water partition coefficient (Wildman–Crippen LogP) is 4.63. The van der Waals surface area contributed by atoms with E-state index in [2.05, 4.69) is 10.2 Å². The Morgan fingerprint density at radius 1 is 1.21 bits per heavy atom. The lowest BCUT2D eigenvalue weighted by Gasteiger charge is -2.33. The molecule has 1 amide bonds. The molecule has 6 nitrogen and oxygen atoms in total. The van der Waals surface area contributed by atoms with Gasteiger partial charge in [-0.2, -0.15) is 13.5 Å². The van der Waals surface area contributed by atoms with Gasteiger partial charge < -0.3 is 24.5 Å². The molecule has 1 aromatic heterocycles. The second-order valence-electron chi connectivity index (χ2n) is 7.88. The van der Waals surface area contributed by atoms with Gasteiger partial charge in [-0.1, -0.05) is 23.2 Å². The molecule has 1 fully saturated rings. The highest BCUT2D eigenvalue weighted by Crippen LogP contribution is 2.24. The van der Waals surface area contributed by atoms with E-state index in [1.165, 1.54) is 12.1 Å². The maximum absolute atomic E-state index is 13.5. The van der Waals surface area contributed by atoms with Crippen molar-refractivity contribution in [3.63, 3.8) is 0 Å². The molecule has 0 saturated carbocycles. The minimum atomic E-state index is -0.720. The fourth-order valence-corrected chi connectivity index (χ4v) is 4.05. The van der Waals surface area contributed by atoms with E-state index in [1.54, 1.807) is 30.3 Å². The first-order valence-corrected chi connectivity index (χ1v) is 11.1. The molecular weight excluding hydrogens is 490 g/mol. The van der Waals surface area contributed by atoms with Crippen molar-refractivity contribution < 1.29 is 23.4 Å². The molecule has 1 saturated heterocycles. The summed E-state index contributed by atoms with van der Waals surface area (Å²) in [6.45, 7) is 1.94. The van der Waals surface area contributed by atoms with Crippen molar-refractivity contribution in [1.29, 1.82) is 0 Å². The zero-order valence-electron chi connectivity index (χ0n) is 17.7. The maximum atomic E-state index is 13.5. The summed E-state index contributed by atoms with van der Waals surface area (Å²) < 4.78 is 24.5. The Hall–Kier alpha value is -1.97. The van der Waals surface area contributed by atoms with Crippen LogP contribution in [-0.4, -0.2) is 54.3 Å². The van der Waals surface area contributed by atoms with E-state index in [4.69, 9.17) is 32.4 Å². The summed E-state index contributed by atoms with van der Waals surface area (Å²) >= 11 is 11.6. The Labute approximate surface area is 208 Å². The van der Waals surface area contributed by atoms with Crippen molar-refractivity contribution in [1.82, 2.24) is 10.2 Å².